The highest BCUT2D eigenvalue weighted by Gasteiger charge is 2.26. The second kappa shape index (κ2) is 7.08. The van der Waals surface area contributed by atoms with Crippen LogP contribution in [0.5, 0.6) is 0 Å². The smallest absolute Gasteiger partial charge is 0.333 e. The van der Waals surface area contributed by atoms with Crippen molar-refractivity contribution in [2.45, 2.75) is 46.2 Å². The molecule has 0 spiro atoms. The first-order valence-corrected chi connectivity index (χ1v) is 6.52. The van der Waals surface area contributed by atoms with Gasteiger partial charge in [-0.25, -0.2) is 4.68 Å². The lowest BCUT2D eigenvalue weighted by Gasteiger charge is -2.17. The van der Waals surface area contributed by atoms with Crippen LogP contribution in [0.25, 0.3) is 0 Å². The van der Waals surface area contributed by atoms with Gasteiger partial charge in [0.25, 0.3) is 0 Å². The molecule has 108 valence electrons. The van der Waals surface area contributed by atoms with Crippen molar-refractivity contribution in [1.29, 1.82) is 0 Å². The second-order valence-electron chi connectivity index (χ2n) is 4.47. The van der Waals surface area contributed by atoms with Gasteiger partial charge in [-0.05, 0) is 19.8 Å². The van der Waals surface area contributed by atoms with Crippen molar-refractivity contribution in [2.24, 2.45) is 0 Å². The number of nitrogens with one attached hydrogen (secondary N) is 1. The van der Waals surface area contributed by atoms with Crippen LogP contribution in [-0.4, -0.2) is 34.5 Å². The number of aryl methyl sites for hydroxylation is 2. The molecule has 1 rings (SSSR count). The normalized spacial score (nSPS) is 12.4. The van der Waals surface area contributed by atoms with Gasteiger partial charge < -0.3 is 10.1 Å². The number of methoxy groups -OCH3 is 1. The number of nitrogens with zero attached hydrogens (tertiary/aromatic N) is 3. The van der Waals surface area contributed by atoms with E-state index in [-0.39, 0.29) is 16.7 Å². The Morgan fingerprint density at radius 2 is 2.21 bits per heavy atom. The summed E-state index contributed by atoms with van der Waals surface area (Å²) in [5, 5.41) is 18.6. The fourth-order valence-electron chi connectivity index (χ4n) is 1.96. The molecule has 19 heavy (non-hydrogen) atoms. The quantitative estimate of drug-likeness (QED) is 0.579. The van der Waals surface area contributed by atoms with Crippen molar-refractivity contribution in [3.63, 3.8) is 0 Å². The maximum absolute atomic E-state index is 11.2. The molecule has 1 atom stereocenters. The summed E-state index contributed by atoms with van der Waals surface area (Å²) in [5.74, 6) is 0.480. The van der Waals surface area contributed by atoms with Crippen molar-refractivity contribution in [2.75, 3.05) is 19.0 Å². The van der Waals surface area contributed by atoms with Gasteiger partial charge in [0, 0.05) is 13.7 Å². The molecule has 1 heterocycles. The van der Waals surface area contributed by atoms with E-state index >= 15 is 0 Å². The van der Waals surface area contributed by atoms with Gasteiger partial charge in [0.2, 0.25) is 5.82 Å². The van der Waals surface area contributed by atoms with Crippen LogP contribution in [0.15, 0.2) is 0 Å². The minimum Gasteiger partial charge on any atom is -0.383 e. The van der Waals surface area contributed by atoms with E-state index in [4.69, 9.17) is 4.74 Å². The number of hydrogen-bond acceptors (Lipinski definition) is 5. The topological polar surface area (TPSA) is 82.2 Å². The molecular weight excluding hydrogens is 248 g/mol. The minimum absolute atomic E-state index is 0.0374. The molecule has 0 fully saturated rings. The zero-order valence-corrected chi connectivity index (χ0v) is 12.0. The van der Waals surface area contributed by atoms with Crippen LogP contribution >= 0.6 is 0 Å². The molecule has 0 aliphatic rings. The van der Waals surface area contributed by atoms with Crippen molar-refractivity contribution in [3.05, 3.63) is 15.8 Å². The summed E-state index contributed by atoms with van der Waals surface area (Å²) in [7, 11) is 1.62. The standard InChI is InChI=1S/C12H22N4O3/c1-5-7-15-12(13-10(6-2)8-19-4)11(16(17)18)9(3)14-15/h10,13H,5-8H2,1-4H3. The number of aromatic nitrogens is 2. The summed E-state index contributed by atoms with van der Waals surface area (Å²) in [6.07, 6.45) is 1.69. The van der Waals surface area contributed by atoms with Crippen LogP contribution in [0.2, 0.25) is 0 Å². The summed E-state index contributed by atoms with van der Waals surface area (Å²) in [6, 6.07) is 0.0374. The average Bonchev–Trinajstić information content (AvgIpc) is 2.65. The average molecular weight is 270 g/mol. The van der Waals surface area contributed by atoms with Crippen molar-refractivity contribution in [3.8, 4) is 0 Å². The monoisotopic (exact) mass is 270 g/mol. The molecule has 7 heteroatoms. The largest absolute Gasteiger partial charge is 0.383 e. The van der Waals surface area contributed by atoms with Crippen LogP contribution in [-0.2, 0) is 11.3 Å². The van der Waals surface area contributed by atoms with Gasteiger partial charge in [-0.2, -0.15) is 5.10 Å². The Balaban J connectivity index is 3.09. The predicted molar refractivity (Wildman–Crippen MR) is 73.5 cm³/mol. The molecule has 1 aromatic heterocycles. The molecule has 0 aliphatic heterocycles. The molecule has 0 saturated heterocycles. The lowest BCUT2D eigenvalue weighted by Crippen LogP contribution is -2.26. The molecule has 0 aliphatic carbocycles. The van der Waals surface area contributed by atoms with Crippen LogP contribution in [0.1, 0.15) is 32.4 Å². The molecular formula is C12H22N4O3. The summed E-state index contributed by atoms with van der Waals surface area (Å²) in [6.45, 7) is 6.84. The molecule has 0 amide bonds. The molecule has 1 N–H and O–H groups in total. The maximum Gasteiger partial charge on any atom is 0.333 e. The van der Waals surface area contributed by atoms with E-state index < -0.39 is 0 Å². The Hall–Kier alpha value is -1.63. The van der Waals surface area contributed by atoms with Gasteiger partial charge in [0.05, 0.1) is 17.6 Å². The highest BCUT2D eigenvalue weighted by molar-refractivity contribution is 5.60. The number of nitro groups is 1. The van der Waals surface area contributed by atoms with Crippen LogP contribution < -0.4 is 5.32 Å². The van der Waals surface area contributed by atoms with Gasteiger partial charge in [0.15, 0.2) is 0 Å². The van der Waals surface area contributed by atoms with E-state index in [1.807, 2.05) is 13.8 Å². The van der Waals surface area contributed by atoms with Crippen molar-refractivity contribution < 1.29 is 9.66 Å². The summed E-state index contributed by atoms with van der Waals surface area (Å²) >= 11 is 0. The van der Waals surface area contributed by atoms with Gasteiger partial charge in [-0.15, -0.1) is 0 Å². The number of ether oxygens (including phenoxy) is 1. The third-order valence-electron chi connectivity index (χ3n) is 2.92. The fourth-order valence-corrected chi connectivity index (χ4v) is 1.96. The predicted octanol–water partition coefficient (Wildman–Crippen LogP) is 2.35. The Kier molecular flexibility index (Phi) is 5.75. The number of hydrogen-bond donors (Lipinski definition) is 1. The molecule has 0 bridgehead atoms. The second-order valence-corrected chi connectivity index (χ2v) is 4.47. The summed E-state index contributed by atoms with van der Waals surface area (Å²) < 4.78 is 6.78. The molecule has 0 saturated carbocycles. The van der Waals surface area contributed by atoms with Gasteiger partial charge in [-0.1, -0.05) is 13.8 Å². The maximum atomic E-state index is 11.2. The highest BCUT2D eigenvalue weighted by Crippen LogP contribution is 2.29. The highest BCUT2D eigenvalue weighted by atomic mass is 16.6. The van der Waals surface area contributed by atoms with Crippen LogP contribution in [0.3, 0.4) is 0 Å². The molecule has 0 radical (unpaired) electrons. The van der Waals surface area contributed by atoms with E-state index in [9.17, 15) is 10.1 Å². The summed E-state index contributed by atoms with van der Waals surface area (Å²) in [5.41, 5.74) is 0.497. The molecule has 1 unspecified atom stereocenters. The van der Waals surface area contributed by atoms with Gasteiger partial charge >= 0.3 is 5.69 Å². The van der Waals surface area contributed by atoms with Crippen molar-refractivity contribution in [1.82, 2.24) is 9.78 Å². The lowest BCUT2D eigenvalue weighted by molar-refractivity contribution is -0.384. The van der Waals surface area contributed by atoms with E-state index in [0.29, 0.717) is 24.7 Å². The van der Waals surface area contributed by atoms with E-state index in [0.717, 1.165) is 12.8 Å². The van der Waals surface area contributed by atoms with Crippen molar-refractivity contribution >= 4 is 11.5 Å². The van der Waals surface area contributed by atoms with E-state index in [1.54, 1.807) is 18.7 Å². The zero-order chi connectivity index (χ0) is 14.4. The Morgan fingerprint density at radius 1 is 1.53 bits per heavy atom. The number of anilines is 1. The van der Waals surface area contributed by atoms with Gasteiger partial charge in [-0.3, -0.25) is 10.1 Å². The SMILES string of the molecule is CCCn1nc(C)c([N+](=O)[O-])c1NC(CC)COC. The fraction of sp³-hybridized carbons (Fsp3) is 0.750. The molecule has 7 nitrogen and oxygen atoms in total. The first kappa shape index (κ1) is 15.4. The Bertz CT molecular complexity index is 431. The van der Waals surface area contributed by atoms with Gasteiger partial charge in [0.1, 0.15) is 5.69 Å². The first-order chi connectivity index (χ1) is 9.04. The van der Waals surface area contributed by atoms with E-state index in [2.05, 4.69) is 10.4 Å². The van der Waals surface area contributed by atoms with Crippen LogP contribution in [0, 0.1) is 17.0 Å². The van der Waals surface area contributed by atoms with E-state index in [1.165, 1.54) is 0 Å². The third-order valence-corrected chi connectivity index (χ3v) is 2.92. The molecule has 1 aromatic rings. The zero-order valence-electron chi connectivity index (χ0n) is 12.0. The third kappa shape index (κ3) is 3.66. The Morgan fingerprint density at radius 3 is 2.68 bits per heavy atom. The lowest BCUT2D eigenvalue weighted by atomic mass is 10.2. The summed E-state index contributed by atoms with van der Waals surface area (Å²) in [4.78, 5) is 10.8. The minimum atomic E-state index is -0.379. The van der Waals surface area contributed by atoms with Crippen LogP contribution in [0.4, 0.5) is 11.5 Å². The molecule has 0 aromatic carbocycles. The number of rotatable bonds is 8. The Labute approximate surface area is 113 Å². The first-order valence-electron chi connectivity index (χ1n) is 6.52.